The van der Waals surface area contributed by atoms with Crippen molar-refractivity contribution in [2.24, 2.45) is 12.5 Å². The van der Waals surface area contributed by atoms with E-state index < -0.39 is 0 Å². The number of likely N-dealkylation sites (tertiary alicyclic amines) is 2. The van der Waals surface area contributed by atoms with Crippen molar-refractivity contribution in [1.29, 1.82) is 0 Å². The van der Waals surface area contributed by atoms with E-state index in [1.54, 1.807) is 6.20 Å². The molecule has 0 radical (unpaired) electrons. The van der Waals surface area contributed by atoms with Gasteiger partial charge in [0.05, 0.1) is 13.1 Å². The summed E-state index contributed by atoms with van der Waals surface area (Å²) in [6, 6.07) is 8.92. The lowest BCUT2D eigenvalue weighted by atomic mass is 9.77. The highest BCUT2D eigenvalue weighted by molar-refractivity contribution is 5.94. The number of aromatic amines is 1. The topological polar surface area (TPSA) is 73.3 Å². The summed E-state index contributed by atoms with van der Waals surface area (Å²) in [5.41, 5.74) is 2.28. The number of aromatic nitrogens is 4. The summed E-state index contributed by atoms with van der Waals surface area (Å²) in [5.74, 6) is 2.12. The largest absolute Gasteiger partial charge is 0.348 e. The van der Waals surface area contributed by atoms with Gasteiger partial charge in [-0.1, -0.05) is 26.0 Å². The molecule has 8 nitrogen and oxygen atoms in total. The average Bonchev–Trinajstić information content (AvgIpc) is 3.69. The van der Waals surface area contributed by atoms with Crippen LogP contribution in [0.2, 0.25) is 0 Å². The van der Waals surface area contributed by atoms with Crippen molar-refractivity contribution in [1.82, 2.24) is 34.2 Å². The molecule has 2 fully saturated rings. The van der Waals surface area contributed by atoms with Crippen molar-refractivity contribution in [3.63, 3.8) is 0 Å². The van der Waals surface area contributed by atoms with E-state index in [2.05, 4.69) is 60.2 Å². The molecule has 1 aromatic carbocycles. The first-order valence-corrected chi connectivity index (χ1v) is 14.3. The smallest absolute Gasteiger partial charge is 0.253 e. The Morgan fingerprint density at radius 2 is 1.74 bits per heavy atom. The minimum absolute atomic E-state index is 0.177. The summed E-state index contributed by atoms with van der Waals surface area (Å²) in [4.78, 5) is 32.6. The number of imidazole rings is 2. The number of hydrogen-bond donors (Lipinski definition) is 1. The Morgan fingerprint density at radius 1 is 1.00 bits per heavy atom. The Morgan fingerprint density at radius 3 is 2.37 bits per heavy atom. The second-order valence-corrected chi connectivity index (χ2v) is 11.3. The first-order valence-electron chi connectivity index (χ1n) is 14.3. The first-order chi connectivity index (χ1) is 18.5. The van der Waals surface area contributed by atoms with Gasteiger partial charge in [-0.05, 0) is 68.3 Å². The van der Waals surface area contributed by atoms with Crippen LogP contribution in [0, 0.1) is 5.41 Å². The predicted molar refractivity (Wildman–Crippen MR) is 149 cm³/mol. The number of nitrogens with one attached hydrogen (secondary N) is 1. The van der Waals surface area contributed by atoms with Crippen molar-refractivity contribution in [2.45, 2.75) is 71.6 Å². The lowest BCUT2D eigenvalue weighted by molar-refractivity contribution is 0.0629. The molecule has 0 aliphatic carbocycles. The molecule has 4 heterocycles. The van der Waals surface area contributed by atoms with Crippen LogP contribution in [-0.2, 0) is 26.7 Å². The van der Waals surface area contributed by atoms with Crippen LogP contribution in [0.15, 0.2) is 49.1 Å². The number of piperidine rings is 1. The third-order valence-electron chi connectivity index (χ3n) is 8.86. The van der Waals surface area contributed by atoms with E-state index >= 15 is 0 Å². The zero-order valence-corrected chi connectivity index (χ0v) is 23.3. The number of benzene rings is 1. The third-order valence-corrected chi connectivity index (χ3v) is 8.86. The van der Waals surface area contributed by atoms with Gasteiger partial charge in [0, 0.05) is 63.1 Å². The van der Waals surface area contributed by atoms with Gasteiger partial charge in [-0.15, -0.1) is 0 Å². The highest BCUT2D eigenvalue weighted by atomic mass is 16.2. The molecule has 2 aliphatic heterocycles. The van der Waals surface area contributed by atoms with Crippen LogP contribution < -0.4 is 0 Å². The number of carbonyl (C=O) groups is 1. The number of carbonyl (C=O) groups excluding carboxylic acids is 1. The molecule has 2 aromatic heterocycles. The van der Waals surface area contributed by atoms with E-state index in [1.807, 2.05) is 37.8 Å². The van der Waals surface area contributed by atoms with E-state index in [4.69, 9.17) is 0 Å². The van der Waals surface area contributed by atoms with Gasteiger partial charge >= 0.3 is 0 Å². The monoisotopic (exact) mass is 517 g/mol. The highest BCUT2D eigenvalue weighted by Gasteiger charge is 2.42. The molecule has 5 rings (SSSR count). The van der Waals surface area contributed by atoms with Gasteiger partial charge < -0.3 is 19.4 Å². The van der Waals surface area contributed by atoms with E-state index in [-0.39, 0.29) is 5.91 Å². The molecule has 0 atom stereocenters. The van der Waals surface area contributed by atoms with E-state index in [0.717, 1.165) is 49.8 Å². The van der Waals surface area contributed by atoms with E-state index in [0.29, 0.717) is 18.0 Å². The maximum absolute atomic E-state index is 13.4. The van der Waals surface area contributed by atoms with Crippen LogP contribution in [0.5, 0.6) is 0 Å². The summed E-state index contributed by atoms with van der Waals surface area (Å²) in [7, 11) is 2.02. The number of hydrogen-bond acceptors (Lipinski definition) is 5. The maximum Gasteiger partial charge on any atom is 0.253 e. The fourth-order valence-electron chi connectivity index (χ4n) is 6.39. The summed E-state index contributed by atoms with van der Waals surface area (Å²) in [6.07, 6.45) is 13.5. The number of nitrogens with zero attached hydrogens (tertiary/aromatic N) is 6. The molecular weight excluding hydrogens is 474 g/mol. The Labute approximate surface area is 227 Å². The second kappa shape index (κ2) is 11.8. The molecule has 8 heteroatoms. The molecule has 3 aromatic rings. The van der Waals surface area contributed by atoms with Crippen molar-refractivity contribution in [3.8, 4) is 0 Å². The summed E-state index contributed by atoms with van der Waals surface area (Å²) in [6.45, 7) is 10.9. The van der Waals surface area contributed by atoms with Gasteiger partial charge in [0.25, 0.3) is 5.91 Å². The summed E-state index contributed by atoms with van der Waals surface area (Å²) >= 11 is 0. The van der Waals surface area contributed by atoms with Crippen molar-refractivity contribution >= 4 is 5.91 Å². The Balaban J connectivity index is 1.19. The fraction of sp³-hybridized carbons (Fsp3) is 0.567. The zero-order chi connectivity index (χ0) is 26.5. The van der Waals surface area contributed by atoms with E-state index in [9.17, 15) is 4.79 Å². The van der Waals surface area contributed by atoms with Crippen LogP contribution in [-0.4, -0.2) is 72.3 Å². The Kier molecular flexibility index (Phi) is 8.29. The second-order valence-electron chi connectivity index (χ2n) is 11.3. The van der Waals surface area contributed by atoms with Crippen molar-refractivity contribution in [3.05, 3.63) is 71.8 Å². The minimum atomic E-state index is 0.177. The molecule has 1 amide bonds. The zero-order valence-electron chi connectivity index (χ0n) is 23.3. The Hall–Kier alpha value is -2.97. The van der Waals surface area contributed by atoms with Gasteiger partial charge in [-0.2, -0.15) is 0 Å². The van der Waals surface area contributed by atoms with Crippen LogP contribution in [0.4, 0.5) is 0 Å². The Bertz CT molecular complexity index is 1160. The van der Waals surface area contributed by atoms with Gasteiger partial charge in [0.2, 0.25) is 0 Å². The van der Waals surface area contributed by atoms with Gasteiger partial charge in [-0.25, -0.2) is 9.97 Å². The number of rotatable bonds is 10. The molecular formula is C30H43N7O. The molecule has 0 unspecified atom stereocenters. The van der Waals surface area contributed by atoms with Crippen LogP contribution in [0.3, 0.4) is 0 Å². The third kappa shape index (κ3) is 6.02. The number of aryl methyl sites for hydroxylation is 1. The summed E-state index contributed by atoms with van der Waals surface area (Å²) < 4.78 is 2.05. The lowest BCUT2D eigenvalue weighted by Crippen LogP contribution is -2.46. The van der Waals surface area contributed by atoms with E-state index in [1.165, 1.54) is 44.3 Å². The molecule has 1 N–H and O–H groups in total. The number of amides is 1. The predicted octanol–water partition coefficient (Wildman–Crippen LogP) is 4.46. The standard InChI is InChI=1S/C30H43N7O/c1-4-26(5-2)36-16-10-30(11-17-36)12-18-37(23-30)29(38)25-8-6-24(7-9-25)20-35(21-27-31-13-14-32-27)22-28-33-15-19-34(28)3/h6-9,13-15,19,26H,4-5,10-12,16-18,20-23H2,1-3H3,(H,31,32). The molecule has 0 saturated carbocycles. The fourth-order valence-corrected chi connectivity index (χ4v) is 6.39. The van der Waals surface area contributed by atoms with Crippen LogP contribution in [0.25, 0.3) is 0 Å². The molecule has 1 spiro atoms. The lowest BCUT2D eigenvalue weighted by Gasteiger charge is -2.42. The molecule has 2 aliphatic rings. The van der Waals surface area contributed by atoms with Crippen LogP contribution in [0.1, 0.15) is 73.5 Å². The van der Waals surface area contributed by atoms with Crippen LogP contribution >= 0.6 is 0 Å². The molecule has 204 valence electrons. The van der Waals surface area contributed by atoms with Crippen molar-refractivity contribution < 1.29 is 4.79 Å². The normalized spacial score (nSPS) is 17.8. The SMILES string of the molecule is CCC(CC)N1CCC2(CCN(C(=O)c3ccc(CN(Cc4ncc[nH]4)Cc4nccn4C)cc3)C2)CC1. The van der Waals surface area contributed by atoms with Crippen molar-refractivity contribution in [2.75, 3.05) is 26.2 Å². The quantitative estimate of drug-likeness (QED) is 0.430. The molecule has 0 bridgehead atoms. The minimum Gasteiger partial charge on any atom is -0.348 e. The van der Waals surface area contributed by atoms with Gasteiger partial charge in [0.15, 0.2) is 0 Å². The highest BCUT2D eigenvalue weighted by Crippen LogP contribution is 2.41. The molecule has 2 saturated heterocycles. The first kappa shape index (κ1) is 26.6. The number of H-pyrrole nitrogens is 1. The van der Waals surface area contributed by atoms with Gasteiger partial charge in [-0.3, -0.25) is 9.69 Å². The molecule has 38 heavy (non-hydrogen) atoms. The summed E-state index contributed by atoms with van der Waals surface area (Å²) in [5, 5.41) is 0. The van der Waals surface area contributed by atoms with Gasteiger partial charge in [0.1, 0.15) is 11.6 Å². The maximum atomic E-state index is 13.4. The average molecular weight is 518 g/mol.